The molecule has 0 spiro atoms. The van der Waals surface area contributed by atoms with Gasteiger partial charge in [0.15, 0.2) is 5.69 Å². The second kappa shape index (κ2) is 8.69. The highest BCUT2D eigenvalue weighted by Gasteiger charge is 2.28. The van der Waals surface area contributed by atoms with Gasteiger partial charge in [0, 0.05) is 38.1 Å². The Hall–Kier alpha value is -3.52. The Morgan fingerprint density at radius 3 is 2.23 bits per heavy atom. The summed E-state index contributed by atoms with van der Waals surface area (Å²) < 4.78 is 1.00. The number of aromatic carboxylic acids is 1. The summed E-state index contributed by atoms with van der Waals surface area (Å²) in [5.41, 5.74) is 0.524. The van der Waals surface area contributed by atoms with Crippen LogP contribution in [0.4, 0.5) is 0 Å². The summed E-state index contributed by atoms with van der Waals surface area (Å²) in [6.45, 7) is 4.97. The number of nitrogens with zero attached hydrogens (tertiary/aromatic N) is 4. The van der Waals surface area contributed by atoms with Crippen LogP contribution in [0.15, 0.2) is 59.4 Å². The van der Waals surface area contributed by atoms with Gasteiger partial charge in [-0.05, 0) is 18.6 Å². The van der Waals surface area contributed by atoms with Crippen LogP contribution in [0.25, 0.3) is 10.8 Å². The van der Waals surface area contributed by atoms with Gasteiger partial charge in [-0.25, -0.2) is 9.48 Å². The van der Waals surface area contributed by atoms with Gasteiger partial charge in [-0.1, -0.05) is 48.5 Å². The van der Waals surface area contributed by atoms with Gasteiger partial charge in [-0.15, -0.1) is 0 Å². The summed E-state index contributed by atoms with van der Waals surface area (Å²) in [5, 5.41) is 14.1. The molecule has 1 aromatic heterocycles. The minimum Gasteiger partial charge on any atom is -0.476 e. The lowest BCUT2D eigenvalue weighted by molar-refractivity contribution is -0.136. The summed E-state index contributed by atoms with van der Waals surface area (Å²) in [6.07, 6.45) is 0. The number of hydrogen-bond acceptors (Lipinski definition) is 5. The summed E-state index contributed by atoms with van der Waals surface area (Å²) in [6, 6.07) is 15.7. The fourth-order valence-corrected chi connectivity index (χ4v) is 3.96. The molecule has 2 heterocycles. The van der Waals surface area contributed by atoms with Crippen LogP contribution in [-0.2, 0) is 11.3 Å². The van der Waals surface area contributed by atoms with Crippen LogP contribution in [0, 0.1) is 0 Å². The van der Waals surface area contributed by atoms with Gasteiger partial charge in [0.05, 0.1) is 5.39 Å². The Morgan fingerprint density at radius 1 is 0.968 bits per heavy atom. The molecule has 0 bridgehead atoms. The highest BCUT2D eigenvalue weighted by molar-refractivity contribution is 6.01. The molecule has 0 saturated carbocycles. The number of carbonyl (C=O) groups is 2. The van der Waals surface area contributed by atoms with Crippen LogP contribution >= 0.6 is 0 Å². The summed E-state index contributed by atoms with van der Waals surface area (Å²) in [4.78, 5) is 41.7. The summed E-state index contributed by atoms with van der Waals surface area (Å²) in [7, 11) is 0. The number of rotatable bonds is 5. The van der Waals surface area contributed by atoms with E-state index in [1.54, 1.807) is 36.1 Å². The number of benzene rings is 2. The molecule has 1 amide bonds. The Morgan fingerprint density at radius 2 is 1.58 bits per heavy atom. The van der Waals surface area contributed by atoms with Crippen molar-refractivity contribution in [2.24, 2.45) is 0 Å². The Labute approximate surface area is 179 Å². The number of piperazine rings is 1. The molecule has 8 nitrogen and oxygen atoms in total. The Bertz CT molecular complexity index is 1170. The molecule has 1 aliphatic rings. The van der Waals surface area contributed by atoms with Gasteiger partial charge in [0.25, 0.3) is 5.56 Å². The van der Waals surface area contributed by atoms with Crippen molar-refractivity contribution in [1.29, 1.82) is 0 Å². The standard InChI is InChI=1S/C23H24N4O4/c1-16(27-22(29)19-10-6-5-9-18(19)20(24-27)23(30)31)21(28)26-13-11-25(12-14-26)15-17-7-3-2-4-8-17/h2-10,16H,11-15H2,1H3,(H,30,31)/t16-/m1/s1. The first-order valence-electron chi connectivity index (χ1n) is 10.3. The van der Waals surface area contributed by atoms with Crippen molar-refractivity contribution in [1.82, 2.24) is 19.6 Å². The number of carboxylic acids is 1. The summed E-state index contributed by atoms with van der Waals surface area (Å²) >= 11 is 0. The number of carbonyl (C=O) groups excluding carboxylic acids is 1. The molecule has 2 aromatic carbocycles. The lowest BCUT2D eigenvalue weighted by Crippen LogP contribution is -2.50. The van der Waals surface area contributed by atoms with E-state index in [2.05, 4.69) is 22.1 Å². The zero-order valence-electron chi connectivity index (χ0n) is 17.3. The maximum Gasteiger partial charge on any atom is 0.357 e. The third-order valence-corrected chi connectivity index (χ3v) is 5.69. The minimum absolute atomic E-state index is 0.234. The minimum atomic E-state index is -1.24. The topological polar surface area (TPSA) is 95.7 Å². The monoisotopic (exact) mass is 420 g/mol. The van der Waals surface area contributed by atoms with Crippen LogP contribution in [0.1, 0.15) is 29.0 Å². The number of fused-ring (bicyclic) bond motifs is 1. The van der Waals surface area contributed by atoms with E-state index in [4.69, 9.17) is 0 Å². The van der Waals surface area contributed by atoms with E-state index in [1.165, 1.54) is 5.56 Å². The molecule has 1 saturated heterocycles. The average molecular weight is 420 g/mol. The third-order valence-electron chi connectivity index (χ3n) is 5.69. The quantitative estimate of drug-likeness (QED) is 0.678. The predicted molar refractivity (Wildman–Crippen MR) is 116 cm³/mol. The number of hydrogen-bond donors (Lipinski definition) is 1. The van der Waals surface area contributed by atoms with Gasteiger partial charge in [-0.2, -0.15) is 5.10 Å². The highest BCUT2D eigenvalue weighted by Crippen LogP contribution is 2.17. The first-order valence-corrected chi connectivity index (χ1v) is 10.3. The Balaban J connectivity index is 1.51. The van der Waals surface area contributed by atoms with Crippen molar-refractivity contribution in [3.8, 4) is 0 Å². The van der Waals surface area contributed by atoms with Crippen molar-refractivity contribution >= 4 is 22.6 Å². The highest BCUT2D eigenvalue weighted by atomic mass is 16.4. The molecule has 3 aromatic rings. The lowest BCUT2D eigenvalue weighted by atomic mass is 10.1. The molecule has 1 fully saturated rings. The zero-order chi connectivity index (χ0) is 22.0. The molecule has 1 atom stereocenters. The molecular formula is C23H24N4O4. The van der Waals surface area contributed by atoms with Gasteiger partial charge >= 0.3 is 5.97 Å². The van der Waals surface area contributed by atoms with Crippen molar-refractivity contribution in [3.63, 3.8) is 0 Å². The zero-order valence-corrected chi connectivity index (χ0v) is 17.3. The molecule has 4 rings (SSSR count). The fraction of sp³-hybridized carbons (Fsp3) is 0.304. The maximum atomic E-state index is 13.1. The summed E-state index contributed by atoms with van der Waals surface area (Å²) in [5.74, 6) is -1.47. The molecule has 0 unspecified atom stereocenters. The van der Waals surface area contributed by atoms with E-state index in [0.717, 1.165) is 24.3 Å². The van der Waals surface area contributed by atoms with Gasteiger partial charge in [-0.3, -0.25) is 14.5 Å². The van der Waals surface area contributed by atoms with Crippen molar-refractivity contribution in [2.75, 3.05) is 26.2 Å². The molecule has 160 valence electrons. The molecule has 31 heavy (non-hydrogen) atoms. The largest absolute Gasteiger partial charge is 0.476 e. The molecule has 1 N–H and O–H groups in total. The van der Waals surface area contributed by atoms with Gasteiger partial charge in [0.1, 0.15) is 6.04 Å². The first kappa shape index (κ1) is 20.7. The van der Waals surface area contributed by atoms with Gasteiger partial charge < -0.3 is 10.0 Å². The van der Waals surface area contributed by atoms with E-state index >= 15 is 0 Å². The van der Waals surface area contributed by atoms with Crippen LogP contribution in [0.5, 0.6) is 0 Å². The van der Waals surface area contributed by atoms with Crippen molar-refractivity contribution in [3.05, 3.63) is 76.2 Å². The second-order valence-corrected chi connectivity index (χ2v) is 7.71. The molecule has 1 aliphatic heterocycles. The third kappa shape index (κ3) is 4.20. The number of aromatic nitrogens is 2. The smallest absolute Gasteiger partial charge is 0.357 e. The Kier molecular flexibility index (Phi) is 5.81. The maximum absolute atomic E-state index is 13.1. The van der Waals surface area contributed by atoms with Crippen molar-refractivity contribution in [2.45, 2.75) is 19.5 Å². The predicted octanol–water partition coefficient (Wildman–Crippen LogP) is 2.00. The SMILES string of the molecule is C[C@H](C(=O)N1CCN(Cc2ccccc2)CC1)n1nc(C(=O)O)c2ccccc2c1=O. The molecular weight excluding hydrogens is 396 g/mol. The van der Waals surface area contributed by atoms with E-state index in [9.17, 15) is 19.5 Å². The van der Waals surface area contributed by atoms with E-state index < -0.39 is 17.6 Å². The lowest BCUT2D eigenvalue weighted by Gasteiger charge is -2.36. The van der Waals surface area contributed by atoms with Gasteiger partial charge in [0.2, 0.25) is 5.91 Å². The van der Waals surface area contributed by atoms with Crippen LogP contribution in [0.2, 0.25) is 0 Å². The van der Waals surface area contributed by atoms with Crippen LogP contribution in [0.3, 0.4) is 0 Å². The molecule has 0 radical (unpaired) electrons. The fourth-order valence-electron chi connectivity index (χ4n) is 3.96. The van der Waals surface area contributed by atoms with E-state index in [-0.39, 0.29) is 22.4 Å². The van der Waals surface area contributed by atoms with E-state index in [1.807, 2.05) is 18.2 Å². The second-order valence-electron chi connectivity index (χ2n) is 7.71. The van der Waals surface area contributed by atoms with E-state index in [0.29, 0.717) is 13.1 Å². The average Bonchev–Trinajstić information content (AvgIpc) is 2.79. The molecule has 0 aliphatic carbocycles. The first-order chi connectivity index (χ1) is 15.0. The number of amides is 1. The van der Waals surface area contributed by atoms with Crippen molar-refractivity contribution < 1.29 is 14.7 Å². The normalized spacial score (nSPS) is 15.7. The van der Waals surface area contributed by atoms with Crippen LogP contribution in [-0.4, -0.2) is 62.7 Å². The van der Waals surface area contributed by atoms with Crippen LogP contribution < -0.4 is 5.56 Å². The number of carboxylic acid groups (broad SMARTS) is 1. The molecule has 8 heteroatoms.